The second-order valence-corrected chi connectivity index (χ2v) is 6.74. The number of aromatic nitrogens is 1. The van der Waals surface area contributed by atoms with E-state index in [1.54, 1.807) is 12.3 Å². The first-order chi connectivity index (χ1) is 13.6. The fraction of sp³-hybridized carbons (Fsp3) is 0.182. The molecule has 6 heteroatoms. The minimum atomic E-state index is -0.236. The smallest absolute Gasteiger partial charge is 0.274 e. The monoisotopic (exact) mass is 375 g/mol. The number of fused-ring (bicyclic) bond motifs is 1. The first-order valence-corrected chi connectivity index (χ1v) is 9.05. The van der Waals surface area contributed by atoms with Crippen LogP contribution in [0.5, 0.6) is 11.5 Å². The fourth-order valence-corrected chi connectivity index (χ4v) is 2.98. The molecule has 0 spiro atoms. The van der Waals surface area contributed by atoms with Gasteiger partial charge in [0, 0.05) is 24.1 Å². The highest BCUT2D eigenvalue weighted by atomic mass is 16.7. The third-order valence-corrected chi connectivity index (χ3v) is 4.57. The van der Waals surface area contributed by atoms with Gasteiger partial charge in [-0.3, -0.25) is 9.78 Å². The van der Waals surface area contributed by atoms with E-state index in [0.717, 1.165) is 39.6 Å². The van der Waals surface area contributed by atoms with Crippen molar-refractivity contribution in [1.82, 2.24) is 4.98 Å². The number of hydrogen-bond donors (Lipinski definition) is 2. The van der Waals surface area contributed by atoms with Crippen LogP contribution in [-0.4, -0.2) is 17.7 Å². The van der Waals surface area contributed by atoms with E-state index in [1.807, 2.05) is 56.3 Å². The molecule has 2 heterocycles. The molecule has 0 saturated heterocycles. The maximum atomic E-state index is 12.6. The first kappa shape index (κ1) is 17.9. The minimum absolute atomic E-state index is 0.236. The Bertz CT molecular complexity index is 1030. The van der Waals surface area contributed by atoms with Crippen LogP contribution >= 0.6 is 0 Å². The number of nitrogens with zero attached hydrogens (tertiary/aromatic N) is 1. The Morgan fingerprint density at radius 3 is 2.79 bits per heavy atom. The predicted octanol–water partition coefficient (Wildman–Crippen LogP) is 4.29. The molecule has 0 unspecified atom stereocenters. The van der Waals surface area contributed by atoms with Gasteiger partial charge in [-0.1, -0.05) is 18.2 Å². The topological polar surface area (TPSA) is 72.5 Å². The van der Waals surface area contributed by atoms with Crippen molar-refractivity contribution in [2.45, 2.75) is 20.4 Å². The van der Waals surface area contributed by atoms with Gasteiger partial charge in [-0.05, 0) is 60.9 Å². The van der Waals surface area contributed by atoms with Crippen molar-refractivity contribution in [3.63, 3.8) is 0 Å². The highest BCUT2D eigenvalue weighted by Crippen LogP contribution is 2.32. The van der Waals surface area contributed by atoms with Gasteiger partial charge in [0.05, 0.1) is 0 Å². The minimum Gasteiger partial charge on any atom is -0.454 e. The quantitative estimate of drug-likeness (QED) is 0.696. The summed E-state index contributed by atoms with van der Waals surface area (Å²) < 4.78 is 10.7. The van der Waals surface area contributed by atoms with Gasteiger partial charge < -0.3 is 20.1 Å². The van der Waals surface area contributed by atoms with Crippen LogP contribution in [0.25, 0.3) is 0 Å². The summed E-state index contributed by atoms with van der Waals surface area (Å²) in [4.78, 5) is 16.8. The molecule has 0 fully saturated rings. The Morgan fingerprint density at radius 2 is 1.89 bits per heavy atom. The molecule has 1 aromatic heterocycles. The number of rotatable bonds is 5. The number of amides is 1. The van der Waals surface area contributed by atoms with Gasteiger partial charge in [-0.15, -0.1) is 0 Å². The number of benzene rings is 2. The molecule has 0 saturated carbocycles. The normalized spacial score (nSPS) is 11.9. The van der Waals surface area contributed by atoms with Crippen molar-refractivity contribution >= 4 is 17.3 Å². The highest BCUT2D eigenvalue weighted by Gasteiger charge is 2.13. The van der Waals surface area contributed by atoms with Gasteiger partial charge >= 0.3 is 0 Å². The maximum Gasteiger partial charge on any atom is 0.274 e. The van der Waals surface area contributed by atoms with E-state index in [9.17, 15) is 4.79 Å². The molecule has 3 aromatic rings. The van der Waals surface area contributed by atoms with Crippen LogP contribution in [0.4, 0.5) is 11.4 Å². The second-order valence-electron chi connectivity index (χ2n) is 6.74. The standard InChI is InChI=1S/C22H21N3O3/c1-14-3-4-15(2)18(9-14)25-22(26)19-11-17(7-8-23-19)24-12-16-5-6-20-21(10-16)28-13-27-20/h3-11H,12-13H2,1-2H3,(H,23,24)(H,25,26). The molecule has 1 amide bonds. The van der Waals surface area contributed by atoms with E-state index in [1.165, 1.54) is 0 Å². The summed E-state index contributed by atoms with van der Waals surface area (Å²) in [5.41, 5.74) is 5.13. The molecule has 4 rings (SSSR count). The van der Waals surface area contributed by atoms with Gasteiger partial charge in [-0.2, -0.15) is 0 Å². The average molecular weight is 375 g/mol. The Morgan fingerprint density at radius 1 is 1.04 bits per heavy atom. The SMILES string of the molecule is Cc1ccc(C)c(NC(=O)c2cc(NCc3ccc4c(c3)OCO4)ccn2)c1. The summed E-state index contributed by atoms with van der Waals surface area (Å²) in [5.74, 6) is 1.28. The van der Waals surface area contributed by atoms with E-state index in [2.05, 4.69) is 15.6 Å². The summed E-state index contributed by atoms with van der Waals surface area (Å²) in [7, 11) is 0. The van der Waals surface area contributed by atoms with Crippen molar-refractivity contribution in [2.24, 2.45) is 0 Å². The van der Waals surface area contributed by atoms with Crippen LogP contribution < -0.4 is 20.1 Å². The molecule has 0 radical (unpaired) electrons. The molecular weight excluding hydrogens is 354 g/mol. The zero-order chi connectivity index (χ0) is 19.5. The van der Waals surface area contributed by atoms with E-state index in [4.69, 9.17) is 9.47 Å². The molecule has 1 aliphatic heterocycles. The summed E-state index contributed by atoms with van der Waals surface area (Å²) in [6.07, 6.45) is 1.62. The molecule has 0 atom stereocenters. The summed E-state index contributed by atoms with van der Waals surface area (Å²) >= 11 is 0. The third kappa shape index (κ3) is 3.91. The molecule has 6 nitrogen and oxygen atoms in total. The number of pyridine rings is 1. The molecular formula is C22H21N3O3. The molecule has 2 aromatic carbocycles. The molecule has 0 bridgehead atoms. The molecule has 2 N–H and O–H groups in total. The van der Waals surface area contributed by atoms with Crippen LogP contribution in [-0.2, 0) is 6.54 Å². The summed E-state index contributed by atoms with van der Waals surface area (Å²) in [6.45, 7) is 4.81. The number of aryl methyl sites for hydroxylation is 2. The Labute approximate surface area is 163 Å². The number of carbonyl (C=O) groups is 1. The van der Waals surface area contributed by atoms with Crippen LogP contribution in [0.1, 0.15) is 27.2 Å². The fourth-order valence-electron chi connectivity index (χ4n) is 2.98. The number of ether oxygens (including phenoxy) is 2. The molecule has 142 valence electrons. The zero-order valence-corrected chi connectivity index (χ0v) is 15.8. The lowest BCUT2D eigenvalue weighted by Crippen LogP contribution is -2.15. The highest BCUT2D eigenvalue weighted by molar-refractivity contribution is 6.03. The number of anilines is 2. The van der Waals surface area contributed by atoms with E-state index in [-0.39, 0.29) is 12.7 Å². The van der Waals surface area contributed by atoms with Gasteiger partial charge in [0.1, 0.15) is 5.69 Å². The first-order valence-electron chi connectivity index (χ1n) is 9.05. The lowest BCUT2D eigenvalue weighted by atomic mass is 10.1. The number of carbonyl (C=O) groups excluding carboxylic acids is 1. The zero-order valence-electron chi connectivity index (χ0n) is 15.8. The van der Waals surface area contributed by atoms with Crippen molar-refractivity contribution in [3.05, 3.63) is 77.1 Å². The average Bonchev–Trinajstić information content (AvgIpc) is 3.17. The van der Waals surface area contributed by atoms with Crippen molar-refractivity contribution in [1.29, 1.82) is 0 Å². The van der Waals surface area contributed by atoms with Gasteiger partial charge in [0.2, 0.25) is 6.79 Å². The Hall–Kier alpha value is -3.54. The largest absolute Gasteiger partial charge is 0.454 e. The van der Waals surface area contributed by atoms with E-state index >= 15 is 0 Å². The molecule has 1 aliphatic rings. The predicted molar refractivity (Wildman–Crippen MR) is 108 cm³/mol. The van der Waals surface area contributed by atoms with E-state index < -0.39 is 0 Å². The van der Waals surface area contributed by atoms with Crippen LogP contribution in [0.2, 0.25) is 0 Å². The Balaban J connectivity index is 1.43. The van der Waals surface area contributed by atoms with Gasteiger partial charge in [-0.25, -0.2) is 0 Å². The van der Waals surface area contributed by atoms with Crippen LogP contribution in [0.3, 0.4) is 0 Å². The van der Waals surface area contributed by atoms with Gasteiger partial charge in [0.15, 0.2) is 11.5 Å². The number of nitrogens with one attached hydrogen (secondary N) is 2. The van der Waals surface area contributed by atoms with Crippen LogP contribution in [0, 0.1) is 13.8 Å². The van der Waals surface area contributed by atoms with Crippen molar-refractivity contribution in [3.8, 4) is 11.5 Å². The Kier molecular flexibility index (Phi) is 4.85. The van der Waals surface area contributed by atoms with Crippen molar-refractivity contribution in [2.75, 3.05) is 17.4 Å². The number of hydrogen-bond acceptors (Lipinski definition) is 5. The van der Waals surface area contributed by atoms with Crippen molar-refractivity contribution < 1.29 is 14.3 Å². The summed E-state index contributed by atoms with van der Waals surface area (Å²) in [6, 6.07) is 15.4. The van der Waals surface area contributed by atoms with Crippen LogP contribution in [0.15, 0.2) is 54.7 Å². The maximum absolute atomic E-state index is 12.6. The van der Waals surface area contributed by atoms with Gasteiger partial charge in [0.25, 0.3) is 5.91 Å². The summed E-state index contributed by atoms with van der Waals surface area (Å²) in [5, 5.41) is 6.25. The van der Waals surface area contributed by atoms with E-state index in [0.29, 0.717) is 12.2 Å². The molecule has 28 heavy (non-hydrogen) atoms. The lowest BCUT2D eigenvalue weighted by Gasteiger charge is -2.11. The lowest BCUT2D eigenvalue weighted by molar-refractivity contribution is 0.102. The third-order valence-electron chi connectivity index (χ3n) is 4.57. The second kappa shape index (κ2) is 7.60. The molecule has 0 aliphatic carbocycles.